The summed E-state index contributed by atoms with van der Waals surface area (Å²) in [4.78, 5) is 20.1. The number of Topliss-reactive ketones (excluding diaryl/α,β-unsaturated/α-hetero) is 1. The van der Waals surface area contributed by atoms with Gasteiger partial charge in [-0.25, -0.2) is 4.98 Å². The van der Waals surface area contributed by atoms with Crippen molar-refractivity contribution in [3.05, 3.63) is 11.1 Å². The van der Waals surface area contributed by atoms with E-state index in [1.807, 2.05) is 12.4 Å². The lowest BCUT2D eigenvalue weighted by Gasteiger charge is -2.20. The molecule has 94 valence electrons. The zero-order chi connectivity index (χ0) is 12.3. The minimum Gasteiger partial charge on any atom is -0.350 e. The molecule has 1 aromatic rings. The molecule has 0 N–H and O–H groups in total. The number of thiazole rings is 1. The van der Waals surface area contributed by atoms with Crippen molar-refractivity contribution in [1.82, 2.24) is 9.88 Å². The van der Waals surface area contributed by atoms with Gasteiger partial charge in [-0.2, -0.15) is 0 Å². The fourth-order valence-electron chi connectivity index (χ4n) is 1.99. The molecule has 0 atom stereocenters. The summed E-state index contributed by atoms with van der Waals surface area (Å²) in [7, 11) is 2.04. The third kappa shape index (κ3) is 3.26. The maximum atomic E-state index is 11.2. The molecule has 4 nitrogen and oxygen atoms in total. The molecule has 1 aromatic heterocycles. The lowest BCUT2D eigenvalue weighted by atomic mass is 10.4. The Bertz CT molecular complexity index is 385. The standard InChI is InChI=1S/C12H19N3OS/c1-10(16)11-9-17-12(13-11)14(2)7-8-15-5-3-4-6-15/h9H,3-8H2,1-2H3. The van der Waals surface area contributed by atoms with Gasteiger partial charge in [0, 0.05) is 32.4 Å². The van der Waals surface area contributed by atoms with Crippen LogP contribution < -0.4 is 4.90 Å². The molecule has 2 heterocycles. The van der Waals surface area contributed by atoms with E-state index in [1.165, 1.54) is 25.9 Å². The van der Waals surface area contributed by atoms with E-state index in [9.17, 15) is 4.79 Å². The molecule has 17 heavy (non-hydrogen) atoms. The highest BCUT2D eigenvalue weighted by Crippen LogP contribution is 2.19. The second-order valence-corrected chi connectivity index (χ2v) is 5.38. The number of rotatable bonds is 5. The van der Waals surface area contributed by atoms with E-state index in [2.05, 4.69) is 14.8 Å². The zero-order valence-corrected chi connectivity index (χ0v) is 11.3. The summed E-state index contributed by atoms with van der Waals surface area (Å²) >= 11 is 1.54. The molecule has 2 rings (SSSR count). The number of likely N-dealkylation sites (N-methyl/N-ethyl adjacent to an activating group) is 1. The largest absolute Gasteiger partial charge is 0.350 e. The van der Waals surface area contributed by atoms with Crippen LogP contribution in [0.1, 0.15) is 30.3 Å². The van der Waals surface area contributed by atoms with Crippen LogP contribution in [0.4, 0.5) is 5.13 Å². The number of nitrogens with zero attached hydrogens (tertiary/aromatic N) is 3. The average Bonchev–Trinajstić information content (AvgIpc) is 2.96. The molecule has 1 saturated heterocycles. The molecule has 0 amide bonds. The van der Waals surface area contributed by atoms with E-state index >= 15 is 0 Å². The second-order valence-electron chi connectivity index (χ2n) is 4.54. The Morgan fingerprint density at radius 2 is 2.24 bits per heavy atom. The van der Waals surface area contributed by atoms with Crippen LogP contribution in [0.15, 0.2) is 5.38 Å². The van der Waals surface area contributed by atoms with Crippen LogP contribution in [-0.4, -0.2) is 48.9 Å². The average molecular weight is 253 g/mol. The predicted octanol–water partition coefficient (Wildman–Crippen LogP) is 1.88. The molecule has 0 saturated carbocycles. The van der Waals surface area contributed by atoms with Crippen molar-refractivity contribution in [2.24, 2.45) is 0 Å². The lowest BCUT2D eigenvalue weighted by molar-refractivity contribution is 0.101. The third-order valence-corrected chi connectivity index (χ3v) is 4.08. The van der Waals surface area contributed by atoms with Gasteiger partial charge in [-0.15, -0.1) is 11.3 Å². The summed E-state index contributed by atoms with van der Waals surface area (Å²) in [5, 5.41) is 2.78. The van der Waals surface area contributed by atoms with Crippen molar-refractivity contribution in [3.63, 3.8) is 0 Å². The van der Waals surface area contributed by atoms with E-state index in [0.717, 1.165) is 18.2 Å². The van der Waals surface area contributed by atoms with Crippen molar-refractivity contribution in [2.75, 3.05) is 38.1 Å². The zero-order valence-electron chi connectivity index (χ0n) is 10.5. The highest BCUT2D eigenvalue weighted by molar-refractivity contribution is 7.13. The molecule has 1 aliphatic rings. The van der Waals surface area contributed by atoms with Crippen LogP contribution in [0.25, 0.3) is 0 Å². The molecule has 0 radical (unpaired) electrons. The fraction of sp³-hybridized carbons (Fsp3) is 0.667. The topological polar surface area (TPSA) is 36.4 Å². The van der Waals surface area contributed by atoms with Gasteiger partial charge in [0.2, 0.25) is 0 Å². The van der Waals surface area contributed by atoms with Crippen LogP contribution in [0, 0.1) is 0 Å². The minimum atomic E-state index is 0.0421. The maximum Gasteiger partial charge on any atom is 0.185 e. The van der Waals surface area contributed by atoms with E-state index in [1.54, 1.807) is 18.3 Å². The summed E-state index contributed by atoms with van der Waals surface area (Å²) < 4.78 is 0. The second kappa shape index (κ2) is 5.60. The number of hydrogen-bond donors (Lipinski definition) is 0. The van der Waals surface area contributed by atoms with Crippen molar-refractivity contribution < 1.29 is 4.79 Å². The van der Waals surface area contributed by atoms with Crippen LogP contribution in [0.3, 0.4) is 0 Å². The molecule has 0 bridgehead atoms. The normalized spacial score (nSPS) is 16.4. The van der Waals surface area contributed by atoms with Crippen LogP contribution in [0.5, 0.6) is 0 Å². The van der Waals surface area contributed by atoms with E-state index in [-0.39, 0.29) is 5.78 Å². The number of ketones is 1. The van der Waals surface area contributed by atoms with Gasteiger partial charge in [0.05, 0.1) is 0 Å². The Balaban J connectivity index is 1.85. The summed E-state index contributed by atoms with van der Waals surface area (Å²) in [6.45, 7) is 6.08. The Morgan fingerprint density at radius 3 is 2.82 bits per heavy atom. The van der Waals surface area contributed by atoms with E-state index in [4.69, 9.17) is 0 Å². The predicted molar refractivity (Wildman–Crippen MR) is 71.1 cm³/mol. The molecule has 1 fully saturated rings. The van der Waals surface area contributed by atoms with Gasteiger partial charge in [-0.05, 0) is 25.9 Å². The lowest BCUT2D eigenvalue weighted by Crippen LogP contribution is -2.31. The molecule has 0 unspecified atom stereocenters. The van der Waals surface area contributed by atoms with Gasteiger partial charge in [-0.3, -0.25) is 4.79 Å². The van der Waals surface area contributed by atoms with Gasteiger partial charge >= 0.3 is 0 Å². The highest BCUT2D eigenvalue weighted by Gasteiger charge is 2.14. The van der Waals surface area contributed by atoms with Crippen LogP contribution >= 0.6 is 11.3 Å². The van der Waals surface area contributed by atoms with Crippen molar-refractivity contribution in [3.8, 4) is 0 Å². The van der Waals surface area contributed by atoms with Gasteiger partial charge in [-0.1, -0.05) is 0 Å². The number of carbonyl (C=O) groups excluding carboxylic acids is 1. The Kier molecular flexibility index (Phi) is 4.12. The fourth-order valence-corrected chi connectivity index (χ4v) is 2.85. The number of hydrogen-bond acceptors (Lipinski definition) is 5. The molecule has 0 spiro atoms. The molecule has 0 aromatic carbocycles. The summed E-state index contributed by atoms with van der Waals surface area (Å²) in [6.07, 6.45) is 2.66. The first-order chi connectivity index (χ1) is 8.16. The smallest absolute Gasteiger partial charge is 0.185 e. The van der Waals surface area contributed by atoms with Gasteiger partial charge in [0.25, 0.3) is 0 Å². The minimum absolute atomic E-state index is 0.0421. The van der Waals surface area contributed by atoms with Crippen molar-refractivity contribution in [1.29, 1.82) is 0 Å². The molecule has 0 aliphatic carbocycles. The van der Waals surface area contributed by atoms with Gasteiger partial charge < -0.3 is 9.80 Å². The highest BCUT2D eigenvalue weighted by atomic mass is 32.1. The first-order valence-electron chi connectivity index (χ1n) is 6.07. The van der Waals surface area contributed by atoms with Crippen molar-refractivity contribution in [2.45, 2.75) is 19.8 Å². The maximum absolute atomic E-state index is 11.2. The summed E-state index contributed by atoms with van der Waals surface area (Å²) in [5.74, 6) is 0.0421. The Labute approximate surface area is 106 Å². The molecular formula is C12H19N3OS. The third-order valence-electron chi connectivity index (χ3n) is 3.13. The molecular weight excluding hydrogens is 234 g/mol. The Morgan fingerprint density at radius 1 is 1.53 bits per heavy atom. The van der Waals surface area contributed by atoms with Gasteiger partial charge in [0.15, 0.2) is 10.9 Å². The molecule has 1 aliphatic heterocycles. The first kappa shape index (κ1) is 12.5. The number of aromatic nitrogens is 1. The number of carbonyl (C=O) groups is 1. The SMILES string of the molecule is CC(=O)c1csc(N(C)CCN2CCCC2)n1. The van der Waals surface area contributed by atoms with Crippen LogP contribution in [0.2, 0.25) is 0 Å². The van der Waals surface area contributed by atoms with Crippen LogP contribution in [-0.2, 0) is 0 Å². The summed E-state index contributed by atoms with van der Waals surface area (Å²) in [6, 6.07) is 0. The Hall–Kier alpha value is -0.940. The quantitative estimate of drug-likeness (QED) is 0.751. The van der Waals surface area contributed by atoms with E-state index in [0.29, 0.717) is 5.69 Å². The van der Waals surface area contributed by atoms with Gasteiger partial charge in [0.1, 0.15) is 5.69 Å². The van der Waals surface area contributed by atoms with Crippen molar-refractivity contribution >= 4 is 22.3 Å². The molecule has 5 heteroatoms. The first-order valence-corrected chi connectivity index (χ1v) is 6.95. The number of likely N-dealkylation sites (tertiary alicyclic amines) is 1. The van der Waals surface area contributed by atoms with E-state index < -0.39 is 0 Å². The summed E-state index contributed by atoms with van der Waals surface area (Å²) in [5.41, 5.74) is 0.582. The monoisotopic (exact) mass is 253 g/mol. The number of anilines is 1.